The second-order valence-corrected chi connectivity index (χ2v) is 3.66. The molecule has 0 heterocycles. The molecule has 5 heteroatoms. The highest BCUT2D eigenvalue weighted by Gasteiger charge is 2.33. The number of nitrogens with two attached hydrogens (primary N) is 1. The Balaban J connectivity index is 3.05. The fourth-order valence-electron chi connectivity index (χ4n) is 1.41. The van der Waals surface area contributed by atoms with Gasteiger partial charge in [0.2, 0.25) is 0 Å². The molecule has 0 saturated carbocycles. The van der Waals surface area contributed by atoms with E-state index in [1.54, 1.807) is 13.0 Å². The van der Waals surface area contributed by atoms with Crippen molar-refractivity contribution in [3.05, 3.63) is 41.2 Å². The lowest BCUT2D eigenvalue weighted by Crippen LogP contribution is -2.08. The molecule has 0 spiro atoms. The minimum atomic E-state index is -4.66. The van der Waals surface area contributed by atoms with Crippen molar-refractivity contribution in [1.29, 1.82) is 0 Å². The number of hydrogen-bond acceptors (Lipinski definition) is 1. The fraction of sp³-hybridized carbons (Fsp3) is 0.333. The Bertz CT molecular complexity index is 421. The van der Waals surface area contributed by atoms with E-state index in [9.17, 15) is 17.6 Å². The van der Waals surface area contributed by atoms with Gasteiger partial charge in [-0.15, -0.1) is 0 Å². The monoisotopic (exact) mass is 247 g/mol. The molecular formula is C12H13F4N. The van der Waals surface area contributed by atoms with E-state index in [0.717, 1.165) is 12.1 Å². The van der Waals surface area contributed by atoms with Crippen LogP contribution in [0.25, 0.3) is 5.57 Å². The Morgan fingerprint density at radius 3 is 2.47 bits per heavy atom. The Morgan fingerprint density at radius 2 is 2.00 bits per heavy atom. The molecule has 1 rings (SSSR count). The van der Waals surface area contributed by atoms with Crippen molar-refractivity contribution in [3.8, 4) is 0 Å². The fourth-order valence-corrected chi connectivity index (χ4v) is 1.41. The molecule has 2 N–H and O–H groups in total. The summed E-state index contributed by atoms with van der Waals surface area (Å²) in [6.45, 7) is 2.15. The van der Waals surface area contributed by atoms with Crippen LogP contribution in [0.4, 0.5) is 17.6 Å². The summed E-state index contributed by atoms with van der Waals surface area (Å²) in [5.41, 5.74) is 5.20. The molecule has 0 bridgehead atoms. The maximum atomic E-state index is 13.3. The molecule has 0 aliphatic heterocycles. The van der Waals surface area contributed by atoms with E-state index >= 15 is 0 Å². The van der Waals surface area contributed by atoms with Crippen molar-refractivity contribution in [1.82, 2.24) is 0 Å². The molecular weight excluding hydrogens is 234 g/mol. The Morgan fingerprint density at radius 1 is 1.35 bits per heavy atom. The number of benzene rings is 1. The number of halogens is 4. The summed E-state index contributed by atoms with van der Waals surface area (Å²) >= 11 is 0. The van der Waals surface area contributed by atoms with Gasteiger partial charge >= 0.3 is 6.18 Å². The highest BCUT2D eigenvalue weighted by Crippen LogP contribution is 2.32. The van der Waals surface area contributed by atoms with Crippen LogP contribution in [0.15, 0.2) is 24.3 Å². The highest BCUT2D eigenvalue weighted by molar-refractivity contribution is 5.64. The van der Waals surface area contributed by atoms with Crippen molar-refractivity contribution in [2.24, 2.45) is 5.73 Å². The molecule has 0 amide bonds. The summed E-state index contributed by atoms with van der Waals surface area (Å²) < 4.78 is 50.2. The van der Waals surface area contributed by atoms with Crippen LogP contribution in [0.1, 0.15) is 24.5 Å². The molecule has 94 valence electrons. The van der Waals surface area contributed by atoms with Crippen molar-refractivity contribution in [2.45, 2.75) is 19.5 Å². The lowest BCUT2D eigenvalue weighted by Gasteiger charge is -2.09. The maximum Gasteiger partial charge on any atom is 0.419 e. The topological polar surface area (TPSA) is 26.0 Å². The normalized spacial score (nSPS) is 12.9. The molecule has 1 nitrogen and oxygen atoms in total. The number of hydrogen-bond donors (Lipinski definition) is 1. The first-order chi connectivity index (χ1) is 7.86. The standard InChI is InChI=1S/C12H13F4N/c1-8(3-2-6-17)9-4-5-10(11(13)7-9)12(14,15)16/h3-5,7H,2,6,17H2,1H3/b8-3+. The summed E-state index contributed by atoms with van der Waals surface area (Å²) in [5.74, 6) is -1.25. The first kappa shape index (κ1) is 13.7. The van der Waals surface area contributed by atoms with E-state index in [1.165, 1.54) is 6.07 Å². The molecule has 0 atom stereocenters. The summed E-state index contributed by atoms with van der Waals surface area (Å²) in [6, 6.07) is 2.91. The second kappa shape index (κ2) is 5.31. The van der Waals surface area contributed by atoms with Crippen molar-refractivity contribution in [3.63, 3.8) is 0 Å². The van der Waals surface area contributed by atoms with E-state index in [0.29, 0.717) is 24.1 Å². The van der Waals surface area contributed by atoms with E-state index in [4.69, 9.17) is 5.73 Å². The van der Waals surface area contributed by atoms with Gasteiger partial charge in [0.05, 0.1) is 5.56 Å². The highest BCUT2D eigenvalue weighted by atomic mass is 19.4. The Labute approximate surface area is 96.9 Å². The van der Waals surface area contributed by atoms with Crippen LogP contribution in [0.5, 0.6) is 0 Å². The molecule has 0 fully saturated rings. The van der Waals surface area contributed by atoms with Crippen LogP contribution in [-0.4, -0.2) is 6.54 Å². The molecule has 0 saturated heterocycles. The molecule has 0 aromatic heterocycles. The molecule has 1 aromatic carbocycles. The predicted molar refractivity (Wildman–Crippen MR) is 58.7 cm³/mol. The minimum absolute atomic E-state index is 0.434. The van der Waals surface area contributed by atoms with Crippen molar-refractivity contribution >= 4 is 5.57 Å². The van der Waals surface area contributed by atoms with Gasteiger partial charge in [0.15, 0.2) is 0 Å². The van der Waals surface area contributed by atoms with Gasteiger partial charge in [0.25, 0.3) is 0 Å². The minimum Gasteiger partial charge on any atom is -0.330 e. The van der Waals surface area contributed by atoms with E-state index in [1.807, 2.05) is 0 Å². The van der Waals surface area contributed by atoms with Crippen molar-refractivity contribution in [2.75, 3.05) is 6.54 Å². The molecule has 17 heavy (non-hydrogen) atoms. The van der Waals surface area contributed by atoms with E-state index < -0.39 is 17.6 Å². The maximum absolute atomic E-state index is 13.3. The van der Waals surface area contributed by atoms with Gasteiger partial charge in [-0.1, -0.05) is 12.1 Å². The zero-order valence-electron chi connectivity index (χ0n) is 9.31. The first-order valence-electron chi connectivity index (χ1n) is 5.10. The molecule has 0 aliphatic carbocycles. The predicted octanol–water partition coefficient (Wildman–Crippen LogP) is 3.60. The SMILES string of the molecule is C/C(=C\CCN)c1ccc(C(F)(F)F)c(F)c1. The van der Waals surface area contributed by atoms with Crippen LogP contribution in [-0.2, 0) is 6.18 Å². The third kappa shape index (κ3) is 3.56. The van der Waals surface area contributed by atoms with Crippen molar-refractivity contribution < 1.29 is 17.6 Å². The molecule has 0 aliphatic rings. The average molecular weight is 247 g/mol. The smallest absolute Gasteiger partial charge is 0.330 e. The quantitative estimate of drug-likeness (QED) is 0.811. The number of alkyl halides is 3. The largest absolute Gasteiger partial charge is 0.419 e. The Hall–Kier alpha value is -1.36. The van der Waals surface area contributed by atoms with Crippen LogP contribution in [0.2, 0.25) is 0 Å². The van der Waals surface area contributed by atoms with Gasteiger partial charge in [-0.3, -0.25) is 0 Å². The van der Waals surface area contributed by atoms with Gasteiger partial charge < -0.3 is 5.73 Å². The van der Waals surface area contributed by atoms with Crippen LogP contribution < -0.4 is 5.73 Å². The lowest BCUT2D eigenvalue weighted by molar-refractivity contribution is -0.140. The van der Waals surface area contributed by atoms with Gasteiger partial charge in [-0.05, 0) is 43.2 Å². The third-order valence-corrected chi connectivity index (χ3v) is 2.35. The summed E-state index contributed by atoms with van der Waals surface area (Å²) in [7, 11) is 0. The zero-order chi connectivity index (χ0) is 13.1. The van der Waals surface area contributed by atoms with Gasteiger partial charge in [-0.25, -0.2) is 4.39 Å². The number of rotatable bonds is 3. The molecule has 0 unspecified atom stereocenters. The molecule has 1 aromatic rings. The van der Waals surface area contributed by atoms with Crippen LogP contribution in [0.3, 0.4) is 0 Å². The second-order valence-electron chi connectivity index (χ2n) is 3.66. The van der Waals surface area contributed by atoms with Gasteiger partial charge in [0.1, 0.15) is 5.82 Å². The first-order valence-corrected chi connectivity index (χ1v) is 5.10. The third-order valence-electron chi connectivity index (χ3n) is 2.35. The van der Waals surface area contributed by atoms with Crippen LogP contribution in [0, 0.1) is 5.82 Å². The summed E-state index contributed by atoms with van der Waals surface area (Å²) in [6.07, 6.45) is -2.28. The average Bonchev–Trinajstić information content (AvgIpc) is 2.23. The van der Waals surface area contributed by atoms with Gasteiger partial charge in [-0.2, -0.15) is 13.2 Å². The number of allylic oxidation sites excluding steroid dienone is 1. The summed E-state index contributed by atoms with van der Waals surface area (Å²) in [5, 5.41) is 0. The van der Waals surface area contributed by atoms with Gasteiger partial charge in [0, 0.05) is 0 Å². The molecule has 0 radical (unpaired) electrons. The van der Waals surface area contributed by atoms with E-state index in [2.05, 4.69) is 0 Å². The zero-order valence-corrected chi connectivity index (χ0v) is 9.31. The van der Waals surface area contributed by atoms with E-state index in [-0.39, 0.29) is 0 Å². The van der Waals surface area contributed by atoms with Crippen LogP contribution >= 0.6 is 0 Å². The lowest BCUT2D eigenvalue weighted by atomic mass is 10.0. The summed E-state index contributed by atoms with van der Waals surface area (Å²) in [4.78, 5) is 0. The Kier molecular flexibility index (Phi) is 4.28.